The molecule has 0 saturated heterocycles. The molecule has 26 heavy (non-hydrogen) atoms. The number of ketones is 1. The zero-order valence-corrected chi connectivity index (χ0v) is 14.9. The SMILES string of the molecule is O=C1CC(C(=O)c2ccc(Cl)cc2)c2c(n[nH]c2-c2ccc(Cl)cc2)N1. The summed E-state index contributed by atoms with van der Waals surface area (Å²) in [5.74, 6) is -0.615. The molecule has 0 bridgehead atoms. The predicted octanol–water partition coefficient (Wildman–Crippen LogP) is 4.69. The Hall–Kier alpha value is -2.63. The van der Waals surface area contributed by atoms with Crippen molar-refractivity contribution in [3.63, 3.8) is 0 Å². The molecule has 3 aromatic rings. The van der Waals surface area contributed by atoms with Crippen LogP contribution < -0.4 is 5.32 Å². The lowest BCUT2D eigenvalue weighted by atomic mass is 9.84. The van der Waals surface area contributed by atoms with Crippen molar-refractivity contribution in [1.29, 1.82) is 0 Å². The molecule has 130 valence electrons. The number of anilines is 1. The minimum Gasteiger partial charge on any atom is -0.309 e. The van der Waals surface area contributed by atoms with E-state index >= 15 is 0 Å². The number of H-pyrrole nitrogens is 1. The normalized spacial score (nSPS) is 16.1. The zero-order valence-electron chi connectivity index (χ0n) is 13.4. The van der Waals surface area contributed by atoms with Crippen LogP contribution in [0.3, 0.4) is 0 Å². The number of amides is 1. The summed E-state index contributed by atoms with van der Waals surface area (Å²) < 4.78 is 0. The van der Waals surface area contributed by atoms with E-state index in [0.29, 0.717) is 32.7 Å². The second-order valence-electron chi connectivity index (χ2n) is 6.04. The van der Waals surface area contributed by atoms with Gasteiger partial charge in [0, 0.05) is 33.2 Å². The molecule has 1 aliphatic rings. The molecule has 1 unspecified atom stereocenters. The van der Waals surface area contributed by atoms with Crippen LogP contribution in [0.4, 0.5) is 5.82 Å². The molecular formula is C19H13Cl2N3O2. The van der Waals surface area contributed by atoms with E-state index in [-0.39, 0.29) is 18.1 Å². The van der Waals surface area contributed by atoms with E-state index in [2.05, 4.69) is 15.5 Å². The number of hydrogen-bond donors (Lipinski definition) is 2. The zero-order chi connectivity index (χ0) is 18.3. The van der Waals surface area contributed by atoms with Gasteiger partial charge in [-0.05, 0) is 36.4 Å². The number of nitrogens with one attached hydrogen (secondary N) is 2. The molecule has 1 aliphatic heterocycles. The third-order valence-electron chi connectivity index (χ3n) is 4.38. The third kappa shape index (κ3) is 3.00. The van der Waals surface area contributed by atoms with Gasteiger partial charge in [-0.15, -0.1) is 0 Å². The van der Waals surface area contributed by atoms with E-state index in [9.17, 15) is 9.59 Å². The number of carbonyl (C=O) groups excluding carboxylic acids is 2. The highest BCUT2D eigenvalue weighted by atomic mass is 35.5. The molecule has 0 radical (unpaired) electrons. The maximum absolute atomic E-state index is 13.1. The van der Waals surface area contributed by atoms with Crippen LogP contribution in [0.25, 0.3) is 11.3 Å². The summed E-state index contributed by atoms with van der Waals surface area (Å²) in [4.78, 5) is 25.1. The first-order valence-corrected chi connectivity index (χ1v) is 8.72. The topological polar surface area (TPSA) is 74.8 Å². The van der Waals surface area contributed by atoms with E-state index in [4.69, 9.17) is 23.2 Å². The molecule has 0 fully saturated rings. The number of hydrogen-bond acceptors (Lipinski definition) is 3. The summed E-state index contributed by atoms with van der Waals surface area (Å²) in [5.41, 5.74) is 2.73. The number of halogens is 2. The summed E-state index contributed by atoms with van der Waals surface area (Å²) in [6, 6.07) is 13.9. The van der Waals surface area contributed by atoms with Crippen molar-refractivity contribution in [3.8, 4) is 11.3 Å². The molecule has 5 nitrogen and oxygen atoms in total. The summed E-state index contributed by atoms with van der Waals surface area (Å²) in [7, 11) is 0. The van der Waals surface area contributed by atoms with Gasteiger partial charge < -0.3 is 5.32 Å². The average molecular weight is 386 g/mol. The Morgan fingerprint density at radius 3 is 2.27 bits per heavy atom. The number of Topliss-reactive ketones (excluding diaryl/α,β-unsaturated/α-hetero) is 1. The number of nitrogens with zero attached hydrogens (tertiary/aromatic N) is 1. The van der Waals surface area contributed by atoms with Crippen LogP contribution in [0, 0.1) is 0 Å². The lowest BCUT2D eigenvalue weighted by Gasteiger charge is -2.22. The summed E-state index contributed by atoms with van der Waals surface area (Å²) >= 11 is 11.9. The van der Waals surface area contributed by atoms with Gasteiger partial charge in [-0.3, -0.25) is 14.7 Å². The Labute approximate surface area is 159 Å². The largest absolute Gasteiger partial charge is 0.309 e. The van der Waals surface area contributed by atoms with Crippen LogP contribution in [-0.2, 0) is 4.79 Å². The van der Waals surface area contributed by atoms with Crippen molar-refractivity contribution >= 4 is 40.7 Å². The van der Waals surface area contributed by atoms with Crippen molar-refractivity contribution in [3.05, 3.63) is 69.7 Å². The molecule has 4 rings (SSSR count). The number of rotatable bonds is 3. The van der Waals surface area contributed by atoms with E-state index < -0.39 is 5.92 Å². The van der Waals surface area contributed by atoms with Gasteiger partial charge in [-0.1, -0.05) is 35.3 Å². The van der Waals surface area contributed by atoms with Crippen LogP contribution in [0.1, 0.15) is 28.3 Å². The quantitative estimate of drug-likeness (QED) is 0.642. The van der Waals surface area contributed by atoms with Gasteiger partial charge in [0.05, 0.1) is 11.6 Å². The van der Waals surface area contributed by atoms with Crippen LogP contribution in [0.15, 0.2) is 48.5 Å². The molecule has 1 aromatic heterocycles. The van der Waals surface area contributed by atoms with Crippen LogP contribution in [-0.4, -0.2) is 21.9 Å². The van der Waals surface area contributed by atoms with E-state index in [0.717, 1.165) is 5.56 Å². The number of fused-ring (bicyclic) bond motifs is 1. The molecule has 0 saturated carbocycles. The fourth-order valence-corrected chi connectivity index (χ4v) is 3.38. The molecule has 2 N–H and O–H groups in total. The van der Waals surface area contributed by atoms with E-state index in [1.807, 2.05) is 12.1 Å². The number of carbonyl (C=O) groups is 2. The first-order valence-electron chi connectivity index (χ1n) is 7.97. The van der Waals surface area contributed by atoms with Crippen molar-refractivity contribution in [2.24, 2.45) is 0 Å². The second kappa shape index (κ2) is 6.59. The maximum atomic E-state index is 13.1. The lowest BCUT2D eigenvalue weighted by molar-refractivity contribution is -0.116. The second-order valence-corrected chi connectivity index (χ2v) is 6.92. The van der Waals surface area contributed by atoms with E-state index in [1.165, 1.54) is 0 Å². The molecule has 1 amide bonds. The summed E-state index contributed by atoms with van der Waals surface area (Å²) in [6.45, 7) is 0. The van der Waals surface area contributed by atoms with Crippen molar-refractivity contribution < 1.29 is 9.59 Å². The maximum Gasteiger partial charge on any atom is 0.226 e. The standard InChI is InChI=1S/C19H13Cl2N3O2/c20-12-5-1-10(2-6-12)17-16-14(9-15(25)22-19(16)24-23-17)18(26)11-3-7-13(21)8-4-11/h1-8,14H,9H2,(H2,22,23,24,25). The smallest absolute Gasteiger partial charge is 0.226 e. The lowest BCUT2D eigenvalue weighted by Crippen LogP contribution is -2.27. The monoisotopic (exact) mass is 385 g/mol. The van der Waals surface area contributed by atoms with Gasteiger partial charge in [0.25, 0.3) is 0 Å². The van der Waals surface area contributed by atoms with Crippen LogP contribution in [0.5, 0.6) is 0 Å². The molecule has 2 heterocycles. The molecular weight excluding hydrogens is 373 g/mol. The Morgan fingerprint density at radius 1 is 1.00 bits per heavy atom. The third-order valence-corrected chi connectivity index (χ3v) is 4.88. The first kappa shape index (κ1) is 16.8. The minimum atomic E-state index is -0.621. The highest BCUT2D eigenvalue weighted by molar-refractivity contribution is 6.31. The fourth-order valence-electron chi connectivity index (χ4n) is 3.13. The summed E-state index contributed by atoms with van der Waals surface area (Å²) in [6.07, 6.45) is 0.0641. The van der Waals surface area contributed by atoms with Gasteiger partial charge in [-0.2, -0.15) is 5.10 Å². The molecule has 1 atom stereocenters. The summed E-state index contributed by atoms with van der Waals surface area (Å²) in [5, 5.41) is 11.0. The highest BCUT2D eigenvalue weighted by Crippen LogP contribution is 2.40. The van der Waals surface area contributed by atoms with Gasteiger partial charge >= 0.3 is 0 Å². The highest BCUT2D eigenvalue weighted by Gasteiger charge is 2.35. The van der Waals surface area contributed by atoms with E-state index in [1.54, 1.807) is 36.4 Å². The van der Waals surface area contributed by atoms with Gasteiger partial charge in [0.2, 0.25) is 5.91 Å². The Morgan fingerprint density at radius 2 is 1.62 bits per heavy atom. The fraction of sp³-hybridized carbons (Fsp3) is 0.105. The van der Waals surface area contributed by atoms with Crippen molar-refractivity contribution in [2.75, 3.05) is 5.32 Å². The average Bonchev–Trinajstić information content (AvgIpc) is 3.05. The number of aromatic nitrogens is 2. The number of benzene rings is 2. The Balaban J connectivity index is 1.80. The molecule has 2 aromatic carbocycles. The Kier molecular flexibility index (Phi) is 4.26. The van der Waals surface area contributed by atoms with Gasteiger partial charge in [0.15, 0.2) is 11.6 Å². The predicted molar refractivity (Wildman–Crippen MR) is 101 cm³/mol. The van der Waals surface area contributed by atoms with Crippen molar-refractivity contribution in [1.82, 2.24) is 10.2 Å². The van der Waals surface area contributed by atoms with Gasteiger partial charge in [0.1, 0.15) is 0 Å². The molecule has 0 spiro atoms. The van der Waals surface area contributed by atoms with Crippen LogP contribution in [0.2, 0.25) is 10.0 Å². The van der Waals surface area contributed by atoms with Crippen LogP contribution >= 0.6 is 23.2 Å². The molecule has 7 heteroatoms. The number of aromatic amines is 1. The minimum absolute atomic E-state index is 0.0641. The van der Waals surface area contributed by atoms with Gasteiger partial charge in [-0.25, -0.2) is 0 Å². The van der Waals surface area contributed by atoms with Crippen molar-refractivity contribution in [2.45, 2.75) is 12.3 Å². The molecule has 0 aliphatic carbocycles. The first-order chi connectivity index (χ1) is 12.5. The Bertz CT molecular complexity index is 995.